The van der Waals surface area contributed by atoms with Crippen LogP contribution in [0.5, 0.6) is 11.6 Å². The van der Waals surface area contributed by atoms with E-state index in [0.29, 0.717) is 20.4 Å². The van der Waals surface area contributed by atoms with Crippen molar-refractivity contribution in [1.82, 2.24) is 9.78 Å². The summed E-state index contributed by atoms with van der Waals surface area (Å²) in [5.74, 6) is -3.28. The van der Waals surface area contributed by atoms with Gasteiger partial charge in [0.25, 0.3) is 15.9 Å². The number of anilines is 1. The van der Waals surface area contributed by atoms with E-state index in [1.54, 1.807) is 13.8 Å². The maximum absolute atomic E-state index is 14.1. The normalized spacial score (nSPS) is 16.4. The van der Waals surface area contributed by atoms with Gasteiger partial charge < -0.3 is 24.4 Å². The van der Waals surface area contributed by atoms with Crippen LogP contribution < -0.4 is 13.8 Å². The second-order valence-corrected chi connectivity index (χ2v) is 12.0. The van der Waals surface area contributed by atoms with Gasteiger partial charge in [-0.25, -0.2) is 8.42 Å². The number of hydrogen-bond acceptors (Lipinski definition) is 9. The Morgan fingerprint density at radius 1 is 1.24 bits per heavy atom. The van der Waals surface area contributed by atoms with Gasteiger partial charge in [-0.2, -0.15) is 13.2 Å². The molecule has 0 fully saturated rings. The molecule has 1 aromatic heterocycles. The summed E-state index contributed by atoms with van der Waals surface area (Å²) in [4.78, 5) is 23.8. The van der Waals surface area contributed by atoms with Crippen LogP contribution in [-0.4, -0.2) is 78.0 Å². The number of esters is 1. The summed E-state index contributed by atoms with van der Waals surface area (Å²) in [6, 6.07) is 4.03. The number of aliphatic hydroxyl groups is 1. The van der Waals surface area contributed by atoms with Crippen LogP contribution in [0.15, 0.2) is 29.3 Å². The minimum absolute atomic E-state index is 0.0139. The van der Waals surface area contributed by atoms with Crippen LogP contribution >= 0.6 is 0 Å². The summed E-state index contributed by atoms with van der Waals surface area (Å²) >= 11 is 0. The Labute approximate surface area is 241 Å². The zero-order valence-corrected chi connectivity index (χ0v) is 24.4. The molecule has 1 aliphatic heterocycles. The molecule has 234 valence electrons. The third kappa shape index (κ3) is 7.27. The maximum atomic E-state index is 14.1. The fourth-order valence-electron chi connectivity index (χ4n) is 4.21. The van der Waals surface area contributed by atoms with E-state index in [-0.39, 0.29) is 53.8 Å². The third-order valence-corrected chi connectivity index (χ3v) is 8.43. The zero-order chi connectivity index (χ0) is 31.5. The van der Waals surface area contributed by atoms with Gasteiger partial charge in [0.1, 0.15) is 18.5 Å². The number of rotatable bonds is 13. The predicted molar refractivity (Wildman–Crippen MR) is 142 cm³/mol. The van der Waals surface area contributed by atoms with Crippen LogP contribution in [0.4, 0.5) is 18.9 Å². The number of carbonyl (C=O) groups is 2. The van der Waals surface area contributed by atoms with Crippen LogP contribution in [0.25, 0.3) is 0 Å². The Morgan fingerprint density at radius 2 is 1.93 bits per heavy atom. The van der Waals surface area contributed by atoms with Crippen molar-refractivity contribution in [1.29, 1.82) is 0 Å². The van der Waals surface area contributed by atoms with Crippen molar-refractivity contribution in [3.05, 3.63) is 30.0 Å². The number of aromatic nitrogens is 2. The van der Waals surface area contributed by atoms with Crippen LogP contribution in [0, 0.1) is 5.92 Å². The topological polar surface area (TPSA) is 157 Å². The number of ether oxygens (including phenoxy) is 3. The van der Waals surface area contributed by atoms with Crippen molar-refractivity contribution >= 4 is 27.6 Å². The third-order valence-electron chi connectivity index (χ3n) is 6.66. The fourth-order valence-corrected chi connectivity index (χ4v) is 5.78. The molecular weight excluding hydrogens is 587 g/mol. The number of alkyl halides is 3. The molecule has 12 nitrogen and oxygen atoms in total. The van der Waals surface area contributed by atoms with E-state index in [4.69, 9.17) is 9.47 Å². The lowest BCUT2D eigenvalue weighted by Crippen LogP contribution is -2.45. The number of aliphatic hydroxyl groups excluding tert-OH is 1. The first-order chi connectivity index (χ1) is 19.5. The zero-order valence-electron chi connectivity index (χ0n) is 23.5. The Balaban J connectivity index is 2.04. The van der Waals surface area contributed by atoms with E-state index < -0.39 is 58.8 Å². The van der Waals surface area contributed by atoms with Crippen molar-refractivity contribution in [2.75, 3.05) is 24.1 Å². The van der Waals surface area contributed by atoms with Gasteiger partial charge in [0, 0.05) is 12.7 Å². The molecule has 3 rings (SSSR count). The molecule has 0 aliphatic carbocycles. The molecule has 2 atom stereocenters. The number of nitrogens with zero attached hydrogens (tertiary/aromatic N) is 3. The van der Waals surface area contributed by atoms with Crippen molar-refractivity contribution in [3.8, 4) is 11.6 Å². The van der Waals surface area contributed by atoms with Gasteiger partial charge in [-0.15, -0.1) is 5.10 Å². The molecule has 0 saturated heterocycles. The van der Waals surface area contributed by atoms with Crippen molar-refractivity contribution < 1.29 is 55.6 Å². The molecule has 0 radical (unpaired) electrons. The minimum atomic E-state index is -4.81. The lowest BCUT2D eigenvalue weighted by molar-refractivity contribution is -0.257. The number of benzene rings is 1. The first-order valence-corrected chi connectivity index (χ1v) is 14.6. The number of carboxylic acid groups (broad SMARTS) is 1. The molecule has 42 heavy (non-hydrogen) atoms. The molecule has 2 heterocycles. The van der Waals surface area contributed by atoms with Crippen molar-refractivity contribution in [2.45, 2.75) is 76.3 Å². The van der Waals surface area contributed by atoms with Gasteiger partial charge in [0.2, 0.25) is 5.60 Å². The lowest BCUT2D eigenvalue weighted by Gasteiger charge is -2.36. The summed E-state index contributed by atoms with van der Waals surface area (Å²) in [5, 5.41) is 22.9. The number of hydrogen-bond donors (Lipinski definition) is 2. The minimum Gasteiger partial charge on any atom is -0.486 e. The van der Waals surface area contributed by atoms with Gasteiger partial charge in [-0.05, 0) is 51.3 Å². The molecule has 0 amide bonds. The molecule has 2 aromatic rings. The standard InChI is InChI=1S/C26H34F3N3O9S/c1-5-17(24(35)36)13-18-14-32(42(37,38)21-15-31(6-2)30-23(21)39-10-9-33)19-11-16(7-8-20(19)40-18)12-22(34)41-25(3,4)26(27,28)29/h7-8,11,15,17-18,33H,5-6,9-10,12-14H2,1-4H3,(H,35,36)/t17-,18+/m1/s1. The molecule has 16 heteroatoms. The Hall–Kier alpha value is -3.53. The first kappa shape index (κ1) is 33.0. The van der Waals surface area contributed by atoms with Crippen LogP contribution in [-0.2, 0) is 37.3 Å². The second kappa shape index (κ2) is 12.8. The highest BCUT2D eigenvalue weighted by Gasteiger charge is 2.50. The van der Waals surface area contributed by atoms with Crippen LogP contribution in [0.2, 0.25) is 0 Å². The van der Waals surface area contributed by atoms with E-state index in [0.717, 1.165) is 4.31 Å². The van der Waals surface area contributed by atoms with E-state index >= 15 is 0 Å². The molecule has 0 bridgehead atoms. The molecule has 1 aromatic carbocycles. The largest absolute Gasteiger partial charge is 0.486 e. The highest BCUT2D eigenvalue weighted by atomic mass is 32.2. The number of halogens is 3. The quantitative estimate of drug-likeness (QED) is 0.319. The Kier molecular flexibility index (Phi) is 10.0. The summed E-state index contributed by atoms with van der Waals surface area (Å²) < 4.78 is 86.0. The van der Waals surface area contributed by atoms with E-state index in [1.807, 2.05) is 0 Å². The molecule has 1 aliphatic rings. The number of carbonyl (C=O) groups excluding carboxylic acids is 1. The summed E-state index contributed by atoms with van der Waals surface area (Å²) in [7, 11) is -4.46. The van der Waals surface area contributed by atoms with Gasteiger partial charge in [0.15, 0.2) is 4.90 Å². The van der Waals surface area contributed by atoms with Crippen molar-refractivity contribution in [3.63, 3.8) is 0 Å². The summed E-state index contributed by atoms with van der Waals surface area (Å²) in [6.07, 6.45) is -4.78. The van der Waals surface area contributed by atoms with Crippen molar-refractivity contribution in [2.24, 2.45) is 5.92 Å². The van der Waals surface area contributed by atoms with E-state index in [2.05, 4.69) is 9.84 Å². The SMILES string of the molecule is CC[C@H](C[C@H]1CN(S(=O)(=O)c2cn(CC)nc2OCCO)c2cc(CC(=O)OC(C)(C)C(F)(F)F)ccc2O1)C(=O)O. The number of aryl methyl sites for hydroxylation is 1. The maximum Gasteiger partial charge on any atom is 0.427 e. The molecular formula is C26H34F3N3O9S. The van der Waals surface area contributed by atoms with Gasteiger partial charge >= 0.3 is 18.1 Å². The molecule has 0 saturated carbocycles. The summed E-state index contributed by atoms with van der Waals surface area (Å²) in [6.45, 7) is 4.18. The Morgan fingerprint density at radius 3 is 2.50 bits per heavy atom. The highest BCUT2D eigenvalue weighted by molar-refractivity contribution is 7.93. The molecule has 2 N–H and O–H groups in total. The number of fused-ring (bicyclic) bond motifs is 1. The number of carboxylic acids is 1. The van der Waals surface area contributed by atoms with Gasteiger partial charge in [0.05, 0.1) is 31.2 Å². The number of aliphatic carboxylic acids is 1. The van der Waals surface area contributed by atoms with Crippen LogP contribution in [0.1, 0.15) is 46.1 Å². The highest BCUT2D eigenvalue weighted by Crippen LogP contribution is 2.41. The summed E-state index contributed by atoms with van der Waals surface area (Å²) in [5.41, 5.74) is -2.61. The second-order valence-electron chi connectivity index (χ2n) is 10.1. The van der Waals surface area contributed by atoms with Crippen LogP contribution in [0.3, 0.4) is 0 Å². The average molecular weight is 622 g/mol. The smallest absolute Gasteiger partial charge is 0.427 e. The van der Waals surface area contributed by atoms with E-state index in [9.17, 15) is 41.4 Å². The lowest BCUT2D eigenvalue weighted by atomic mass is 9.98. The van der Waals surface area contributed by atoms with Gasteiger partial charge in [-0.3, -0.25) is 18.6 Å². The molecule has 0 unspecified atom stereocenters. The Bertz CT molecular complexity index is 1390. The van der Waals surface area contributed by atoms with Gasteiger partial charge in [-0.1, -0.05) is 13.0 Å². The van der Waals surface area contributed by atoms with E-state index in [1.165, 1.54) is 29.1 Å². The molecule has 0 spiro atoms. The fraction of sp³-hybridized carbons (Fsp3) is 0.577. The number of sulfonamides is 1. The predicted octanol–water partition coefficient (Wildman–Crippen LogP) is 3.16. The monoisotopic (exact) mass is 621 g/mol. The average Bonchev–Trinajstić information content (AvgIpc) is 3.33. The first-order valence-electron chi connectivity index (χ1n) is 13.2.